The number of primary amides is 1. The Kier molecular flexibility index (Phi) is 11.8. The lowest BCUT2D eigenvalue weighted by Gasteiger charge is -2.25. The quantitative estimate of drug-likeness (QED) is 0.264. The second kappa shape index (κ2) is 13.6. The molecule has 0 saturated carbocycles. The van der Waals surface area contributed by atoms with Gasteiger partial charge in [-0.05, 0) is 110 Å². The Morgan fingerprint density at radius 1 is 0.512 bits per heavy atom. The van der Waals surface area contributed by atoms with E-state index in [9.17, 15) is 35.9 Å². The van der Waals surface area contributed by atoms with Crippen molar-refractivity contribution in [2.24, 2.45) is 11.5 Å². The largest absolute Gasteiger partial charge is 0.478 e. The molecule has 0 heterocycles. The highest BCUT2D eigenvalue weighted by Gasteiger charge is 2.26. The van der Waals surface area contributed by atoms with E-state index in [2.05, 4.69) is 0 Å². The van der Waals surface area contributed by atoms with Gasteiger partial charge in [-0.15, -0.1) is 0 Å². The maximum absolute atomic E-state index is 13.9. The molecule has 3 aromatic rings. The number of carboxylic acid groups (broad SMARTS) is 1. The van der Waals surface area contributed by atoms with E-state index in [-0.39, 0.29) is 44.5 Å². The summed E-state index contributed by atoms with van der Waals surface area (Å²) in [5.74, 6) is -6.38. The topological polar surface area (TPSA) is 106 Å². The van der Waals surface area contributed by atoms with Crippen LogP contribution in [0, 0.1) is 97.2 Å². The Hall–Kier alpha value is -3.86. The third-order valence-electron chi connectivity index (χ3n) is 7.54. The number of carboxylic acids is 1. The average molecular weight is 613 g/mol. The second-order valence-electron chi connectivity index (χ2n) is 11.0. The van der Waals surface area contributed by atoms with E-state index in [1.807, 2.05) is 0 Å². The predicted octanol–water partition coefficient (Wildman–Crippen LogP) is 7.66. The number of hydrogen-bond acceptors (Lipinski definition) is 3. The molecule has 11 heteroatoms. The van der Waals surface area contributed by atoms with E-state index in [4.69, 9.17) is 16.6 Å². The summed E-state index contributed by atoms with van der Waals surface area (Å²) in [5, 5.41) is 8.72. The van der Waals surface area contributed by atoms with E-state index >= 15 is 0 Å². The van der Waals surface area contributed by atoms with E-state index in [0.29, 0.717) is 16.7 Å². The molecular formula is C32H38F6N2O3. The summed E-state index contributed by atoms with van der Waals surface area (Å²) in [4.78, 5) is 21.6. The van der Waals surface area contributed by atoms with Gasteiger partial charge < -0.3 is 16.6 Å². The van der Waals surface area contributed by atoms with Gasteiger partial charge in [-0.2, -0.15) is 0 Å². The lowest BCUT2D eigenvalue weighted by molar-refractivity contribution is 0.0690. The molecule has 1 amide bonds. The minimum absolute atomic E-state index is 0.0478. The first-order valence-corrected chi connectivity index (χ1v) is 13.1. The average Bonchev–Trinajstić information content (AvgIpc) is 2.90. The summed E-state index contributed by atoms with van der Waals surface area (Å²) in [6.45, 7) is 16.5. The van der Waals surface area contributed by atoms with Crippen LogP contribution in [0.5, 0.6) is 0 Å². The third kappa shape index (κ3) is 7.38. The van der Waals surface area contributed by atoms with E-state index in [0.717, 1.165) is 0 Å². The van der Waals surface area contributed by atoms with Crippen molar-refractivity contribution in [3.8, 4) is 0 Å². The molecule has 0 atom stereocenters. The zero-order valence-electron chi connectivity index (χ0n) is 26.2. The van der Waals surface area contributed by atoms with E-state index < -0.39 is 57.9 Å². The lowest BCUT2D eigenvalue weighted by Crippen LogP contribution is -2.32. The Bertz CT molecular complexity index is 1440. The van der Waals surface area contributed by atoms with Crippen LogP contribution in [0.15, 0.2) is 0 Å². The summed E-state index contributed by atoms with van der Waals surface area (Å²) < 4.78 is 80.7. The van der Waals surface area contributed by atoms with Gasteiger partial charge in [0.05, 0.1) is 11.1 Å². The van der Waals surface area contributed by atoms with Crippen LogP contribution in [-0.2, 0) is 5.54 Å². The molecule has 5 nitrogen and oxygen atoms in total. The Morgan fingerprint density at radius 2 is 0.814 bits per heavy atom. The number of nitrogens with two attached hydrogens (primary N) is 2. The van der Waals surface area contributed by atoms with Gasteiger partial charge in [-0.1, -0.05) is 0 Å². The molecule has 5 N–H and O–H groups in total. The molecule has 236 valence electrons. The zero-order valence-corrected chi connectivity index (χ0v) is 26.2. The fraction of sp³-hybridized carbons (Fsp3) is 0.375. The standard InChI is InChI=1S/C12H17F2N.C10H11F2NO.C10H10F2O2/c1-6-7(2)10(13)8(3)11(14)9(6)12(4,5)15;2*1-4-5(2)8(11)6(3)9(12)7(4)10(13)14/h15H2,1-5H3;1-3H3,(H2,13,14);1-3H3,(H,13,14). The molecular weight excluding hydrogens is 574 g/mol. The van der Waals surface area contributed by atoms with Crippen LogP contribution in [0.2, 0.25) is 0 Å². The Labute approximate surface area is 247 Å². The SMILES string of the molecule is Cc1c(C)c(C(=O)O)c(F)c(C)c1F.Cc1c(C)c(C(C)(C)N)c(F)c(C)c1F.Cc1c(C)c(C(N)=O)c(F)c(C)c1F. The maximum atomic E-state index is 13.9. The Morgan fingerprint density at radius 3 is 1.14 bits per heavy atom. The Balaban J connectivity index is 0.000000323. The molecule has 3 rings (SSSR count). The zero-order chi connectivity index (χ0) is 34.0. The minimum Gasteiger partial charge on any atom is -0.478 e. The molecule has 0 unspecified atom stereocenters. The monoisotopic (exact) mass is 612 g/mol. The number of hydrogen-bond donors (Lipinski definition) is 3. The summed E-state index contributed by atoms with van der Waals surface area (Å²) in [6.07, 6.45) is 0. The van der Waals surface area contributed by atoms with Crippen LogP contribution in [0.3, 0.4) is 0 Å². The number of amides is 1. The molecule has 0 fully saturated rings. The molecule has 0 bridgehead atoms. The first kappa shape index (κ1) is 37.2. The number of aromatic carboxylic acids is 1. The van der Waals surface area contributed by atoms with Gasteiger partial charge in [-0.3, -0.25) is 4.79 Å². The first-order chi connectivity index (χ1) is 19.4. The van der Waals surface area contributed by atoms with E-state index in [1.54, 1.807) is 27.7 Å². The summed E-state index contributed by atoms with van der Waals surface area (Å²) >= 11 is 0. The van der Waals surface area contributed by atoms with Gasteiger partial charge in [-0.25, -0.2) is 31.1 Å². The molecule has 3 aromatic carbocycles. The lowest BCUT2D eigenvalue weighted by atomic mass is 9.87. The minimum atomic E-state index is -1.37. The van der Waals surface area contributed by atoms with Gasteiger partial charge in [0.2, 0.25) is 0 Å². The third-order valence-corrected chi connectivity index (χ3v) is 7.54. The number of rotatable bonds is 3. The summed E-state index contributed by atoms with van der Waals surface area (Å²) in [5.41, 5.74) is 11.4. The number of carbonyl (C=O) groups is 2. The summed E-state index contributed by atoms with van der Waals surface area (Å²) in [6, 6.07) is 0. The molecule has 0 aliphatic heterocycles. The maximum Gasteiger partial charge on any atom is 0.338 e. The van der Waals surface area contributed by atoms with Crippen molar-refractivity contribution in [2.75, 3.05) is 0 Å². The fourth-order valence-corrected chi connectivity index (χ4v) is 4.56. The van der Waals surface area contributed by atoms with Crippen molar-refractivity contribution in [2.45, 2.75) is 81.7 Å². The van der Waals surface area contributed by atoms with Crippen LogP contribution in [0.4, 0.5) is 26.3 Å². The van der Waals surface area contributed by atoms with Crippen LogP contribution in [-0.4, -0.2) is 17.0 Å². The highest BCUT2D eigenvalue weighted by molar-refractivity contribution is 5.95. The predicted molar refractivity (Wildman–Crippen MR) is 154 cm³/mol. The van der Waals surface area contributed by atoms with Crippen molar-refractivity contribution in [3.05, 3.63) is 102 Å². The highest BCUT2D eigenvalue weighted by atomic mass is 19.2. The molecule has 0 aliphatic rings. The number of carbonyl (C=O) groups excluding carboxylic acids is 1. The first-order valence-electron chi connectivity index (χ1n) is 13.1. The second-order valence-corrected chi connectivity index (χ2v) is 11.0. The van der Waals surface area contributed by atoms with Crippen molar-refractivity contribution < 1.29 is 41.0 Å². The number of halogens is 6. The van der Waals surface area contributed by atoms with Crippen LogP contribution in [0.25, 0.3) is 0 Å². The molecule has 0 spiro atoms. The van der Waals surface area contributed by atoms with Crippen molar-refractivity contribution >= 4 is 11.9 Å². The summed E-state index contributed by atoms with van der Waals surface area (Å²) in [7, 11) is 0. The van der Waals surface area contributed by atoms with Gasteiger partial charge in [0.25, 0.3) is 5.91 Å². The van der Waals surface area contributed by atoms with Crippen molar-refractivity contribution in [1.29, 1.82) is 0 Å². The van der Waals surface area contributed by atoms with Crippen molar-refractivity contribution in [1.82, 2.24) is 0 Å². The highest BCUT2D eigenvalue weighted by Crippen LogP contribution is 2.31. The fourth-order valence-electron chi connectivity index (χ4n) is 4.56. The molecule has 0 aromatic heterocycles. The molecule has 0 radical (unpaired) electrons. The smallest absolute Gasteiger partial charge is 0.338 e. The van der Waals surface area contributed by atoms with Gasteiger partial charge in [0, 0.05) is 27.8 Å². The van der Waals surface area contributed by atoms with Crippen LogP contribution < -0.4 is 11.5 Å². The molecule has 0 saturated heterocycles. The van der Waals surface area contributed by atoms with Gasteiger partial charge in [0.1, 0.15) is 34.9 Å². The number of benzene rings is 3. The molecule has 0 aliphatic carbocycles. The van der Waals surface area contributed by atoms with E-state index in [1.165, 1.54) is 48.5 Å². The van der Waals surface area contributed by atoms with Crippen LogP contribution in [0.1, 0.15) is 90.2 Å². The normalized spacial score (nSPS) is 10.9. The van der Waals surface area contributed by atoms with Crippen LogP contribution >= 0.6 is 0 Å². The van der Waals surface area contributed by atoms with Crippen molar-refractivity contribution in [3.63, 3.8) is 0 Å². The molecule has 43 heavy (non-hydrogen) atoms. The van der Waals surface area contributed by atoms with Gasteiger partial charge >= 0.3 is 5.97 Å². The van der Waals surface area contributed by atoms with Gasteiger partial charge in [0.15, 0.2) is 0 Å².